The van der Waals surface area contributed by atoms with Crippen LogP contribution in [0.15, 0.2) is 0 Å². The number of urea groups is 1. The lowest BCUT2D eigenvalue weighted by atomic mass is 10.3. The van der Waals surface area contributed by atoms with E-state index in [4.69, 9.17) is 0 Å². The van der Waals surface area contributed by atoms with Crippen LogP contribution in [0.1, 0.15) is 13.8 Å². The minimum Gasteiger partial charge on any atom is -0.275 e. The molecule has 4 amide bonds. The molecule has 1 heterocycles. The molecule has 0 spiro atoms. The second-order valence-electron chi connectivity index (χ2n) is 3.11. The maximum absolute atomic E-state index is 11.5. The number of rotatable bonds is 1. The summed E-state index contributed by atoms with van der Waals surface area (Å²) >= 11 is 3.20. The zero-order valence-corrected chi connectivity index (χ0v) is 9.57. The molecule has 5 nitrogen and oxygen atoms in total. The molecule has 6 heteroatoms. The number of imide groups is 2. The summed E-state index contributed by atoms with van der Waals surface area (Å²) in [5.74, 6) is -0.659. The van der Waals surface area contributed by atoms with Crippen LogP contribution >= 0.6 is 15.9 Å². The molecule has 14 heavy (non-hydrogen) atoms. The van der Waals surface area contributed by atoms with Crippen LogP contribution in [-0.4, -0.2) is 45.6 Å². The fourth-order valence-corrected chi connectivity index (χ4v) is 1.92. The van der Waals surface area contributed by atoms with E-state index in [-0.39, 0.29) is 24.4 Å². The largest absolute Gasteiger partial charge is 0.333 e. The highest BCUT2D eigenvalue weighted by atomic mass is 79.9. The standard InChI is InChI=1S/C8H11BrN2O3/c1-5(12)10-4-7(3-9)11(6(2)13)8(10)14/h7H,3-4H2,1-2H3. The molecule has 0 aromatic heterocycles. The minimum absolute atomic E-state index is 0.246. The molecular formula is C8H11BrN2O3. The third-order valence-electron chi connectivity index (χ3n) is 2.09. The van der Waals surface area contributed by atoms with Crippen LogP contribution in [0, 0.1) is 0 Å². The average Bonchev–Trinajstić information content (AvgIpc) is 2.42. The van der Waals surface area contributed by atoms with Crippen molar-refractivity contribution < 1.29 is 14.4 Å². The molecule has 1 fully saturated rings. The van der Waals surface area contributed by atoms with Crippen LogP contribution in [0.4, 0.5) is 4.79 Å². The van der Waals surface area contributed by atoms with Gasteiger partial charge in [0, 0.05) is 19.2 Å². The lowest BCUT2D eigenvalue weighted by Gasteiger charge is -2.16. The monoisotopic (exact) mass is 262 g/mol. The van der Waals surface area contributed by atoms with Crippen molar-refractivity contribution >= 4 is 33.8 Å². The van der Waals surface area contributed by atoms with E-state index >= 15 is 0 Å². The van der Waals surface area contributed by atoms with Gasteiger partial charge in [0.25, 0.3) is 0 Å². The van der Waals surface area contributed by atoms with Gasteiger partial charge in [-0.2, -0.15) is 0 Å². The summed E-state index contributed by atoms with van der Waals surface area (Å²) in [5.41, 5.74) is 0. The SMILES string of the molecule is CC(=O)N1CC(CBr)N(C(C)=O)C1=O. The number of carbonyl (C=O) groups is 3. The number of alkyl halides is 1. The van der Waals surface area contributed by atoms with Crippen molar-refractivity contribution in [3.63, 3.8) is 0 Å². The van der Waals surface area contributed by atoms with Gasteiger partial charge in [-0.25, -0.2) is 4.79 Å². The molecule has 1 saturated heterocycles. The van der Waals surface area contributed by atoms with Gasteiger partial charge >= 0.3 is 6.03 Å². The zero-order chi connectivity index (χ0) is 10.9. The topological polar surface area (TPSA) is 57.7 Å². The molecule has 78 valence electrons. The second kappa shape index (κ2) is 4.08. The molecule has 0 aromatic rings. The smallest absolute Gasteiger partial charge is 0.275 e. The molecule has 0 aromatic carbocycles. The van der Waals surface area contributed by atoms with Crippen molar-refractivity contribution in [2.24, 2.45) is 0 Å². The van der Waals surface area contributed by atoms with Crippen LogP contribution in [0.3, 0.4) is 0 Å². The highest BCUT2D eigenvalue weighted by Crippen LogP contribution is 2.17. The van der Waals surface area contributed by atoms with E-state index in [1.54, 1.807) is 0 Å². The Bertz CT molecular complexity index is 292. The van der Waals surface area contributed by atoms with E-state index in [1.165, 1.54) is 13.8 Å². The van der Waals surface area contributed by atoms with E-state index < -0.39 is 6.03 Å². The lowest BCUT2D eigenvalue weighted by molar-refractivity contribution is -0.126. The summed E-state index contributed by atoms with van der Waals surface area (Å²) in [6.45, 7) is 2.91. The number of amides is 4. The van der Waals surface area contributed by atoms with Gasteiger partial charge in [-0.05, 0) is 0 Å². The Hall–Kier alpha value is -0.910. The van der Waals surface area contributed by atoms with Crippen molar-refractivity contribution in [3.8, 4) is 0 Å². The number of hydrogen-bond acceptors (Lipinski definition) is 3. The first kappa shape index (κ1) is 11.2. The van der Waals surface area contributed by atoms with Gasteiger partial charge in [0.2, 0.25) is 11.8 Å². The van der Waals surface area contributed by atoms with Gasteiger partial charge in [0.05, 0.1) is 12.6 Å². The molecule has 1 unspecified atom stereocenters. The van der Waals surface area contributed by atoms with Gasteiger partial charge in [-0.3, -0.25) is 19.4 Å². The van der Waals surface area contributed by atoms with Crippen LogP contribution in [0.5, 0.6) is 0 Å². The minimum atomic E-state index is -0.519. The van der Waals surface area contributed by atoms with Gasteiger partial charge in [0.1, 0.15) is 0 Å². The summed E-state index contributed by atoms with van der Waals surface area (Å²) in [5, 5.41) is 0.488. The predicted octanol–water partition coefficient (Wildman–Crippen LogP) is 0.581. The molecular weight excluding hydrogens is 252 g/mol. The molecule has 0 aliphatic carbocycles. The highest BCUT2D eigenvalue weighted by molar-refractivity contribution is 9.09. The van der Waals surface area contributed by atoms with Gasteiger partial charge < -0.3 is 0 Å². The van der Waals surface area contributed by atoms with Crippen molar-refractivity contribution in [2.75, 3.05) is 11.9 Å². The fraction of sp³-hybridized carbons (Fsp3) is 0.625. The number of hydrogen-bond donors (Lipinski definition) is 0. The molecule has 0 saturated carbocycles. The number of carbonyl (C=O) groups excluding carboxylic acids is 3. The van der Waals surface area contributed by atoms with Crippen molar-refractivity contribution in [3.05, 3.63) is 0 Å². The van der Waals surface area contributed by atoms with E-state index in [0.717, 1.165) is 9.80 Å². The van der Waals surface area contributed by atoms with E-state index in [1.807, 2.05) is 0 Å². The Morgan fingerprint density at radius 3 is 2.29 bits per heavy atom. The number of nitrogens with zero attached hydrogens (tertiary/aromatic N) is 2. The van der Waals surface area contributed by atoms with Crippen molar-refractivity contribution in [1.29, 1.82) is 0 Å². The third-order valence-corrected chi connectivity index (χ3v) is 2.84. The number of halogens is 1. The average molecular weight is 263 g/mol. The first-order chi connectivity index (χ1) is 6.49. The Morgan fingerprint density at radius 1 is 1.43 bits per heavy atom. The predicted molar refractivity (Wildman–Crippen MR) is 52.9 cm³/mol. The summed E-state index contributed by atoms with van der Waals surface area (Å²) in [4.78, 5) is 35.9. The Kier molecular flexibility index (Phi) is 3.25. The van der Waals surface area contributed by atoms with E-state index in [9.17, 15) is 14.4 Å². The van der Waals surface area contributed by atoms with Crippen LogP contribution in [0.25, 0.3) is 0 Å². The maximum atomic E-state index is 11.5. The van der Waals surface area contributed by atoms with Crippen molar-refractivity contribution in [1.82, 2.24) is 9.80 Å². The van der Waals surface area contributed by atoms with E-state index in [2.05, 4.69) is 15.9 Å². The molecule has 1 aliphatic heterocycles. The fourth-order valence-electron chi connectivity index (χ4n) is 1.43. The molecule has 1 aliphatic rings. The molecule has 0 N–H and O–H groups in total. The lowest BCUT2D eigenvalue weighted by Crippen LogP contribution is -2.40. The van der Waals surface area contributed by atoms with Gasteiger partial charge in [-0.15, -0.1) is 0 Å². The summed E-state index contributed by atoms with van der Waals surface area (Å²) in [7, 11) is 0. The van der Waals surface area contributed by atoms with Gasteiger partial charge in [-0.1, -0.05) is 15.9 Å². The molecule has 0 bridgehead atoms. The van der Waals surface area contributed by atoms with E-state index in [0.29, 0.717) is 5.33 Å². The zero-order valence-electron chi connectivity index (χ0n) is 7.99. The molecule has 0 radical (unpaired) electrons. The Labute approximate surface area is 90.2 Å². The van der Waals surface area contributed by atoms with Crippen molar-refractivity contribution in [2.45, 2.75) is 19.9 Å². The van der Waals surface area contributed by atoms with Crippen LogP contribution in [0.2, 0.25) is 0 Å². The first-order valence-electron chi connectivity index (χ1n) is 4.16. The summed E-state index contributed by atoms with van der Waals surface area (Å²) < 4.78 is 0. The maximum Gasteiger partial charge on any atom is 0.333 e. The second-order valence-corrected chi connectivity index (χ2v) is 3.76. The Balaban J connectivity index is 2.90. The highest BCUT2D eigenvalue weighted by Gasteiger charge is 2.40. The quantitative estimate of drug-likeness (QED) is 0.650. The first-order valence-corrected chi connectivity index (χ1v) is 5.29. The Morgan fingerprint density at radius 2 is 2.00 bits per heavy atom. The summed E-state index contributed by atoms with van der Waals surface area (Å²) in [6.07, 6.45) is 0. The third kappa shape index (κ3) is 1.79. The normalized spacial score (nSPS) is 21.6. The summed E-state index contributed by atoms with van der Waals surface area (Å²) in [6, 6.07) is -0.765. The van der Waals surface area contributed by atoms with Crippen LogP contribution < -0.4 is 0 Å². The molecule has 1 atom stereocenters. The molecule has 1 rings (SSSR count). The van der Waals surface area contributed by atoms with Crippen LogP contribution in [-0.2, 0) is 9.59 Å². The van der Waals surface area contributed by atoms with Gasteiger partial charge in [0.15, 0.2) is 0 Å².